The van der Waals surface area contributed by atoms with Gasteiger partial charge in [-0.2, -0.15) is 0 Å². The molecule has 1 aromatic carbocycles. The third-order valence-electron chi connectivity index (χ3n) is 4.00. The van der Waals surface area contributed by atoms with E-state index in [4.69, 9.17) is 4.74 Å². The van der Waals surface area contributed by atoms with Crippen LogP contribution in [0.2, 0.25) is 0 Å². The van der Waals surface area contributed by atoms with Gasteiger partial charge in [-0.15, -0.1) is 0 Å². The number of rotatable bonds is 7. The van der Waals surface area contributed by atoms with Crippen molar-refractivity contribution in [1.29, 1.82) is 0 Å². The second-order valence-corrected chi connectivity index (χ2v) is 6.48. The number of imide groups is 1. The molecular formula is C17H22N2O5. The van der Waals surface area contributed by atoms with E-state index in [1.807, 2.05) is 44.2 Å². The number of amides is 2. The number of nitrogens with zero attached hydrogens (tertiary/aromatic N) is 2. The van der Waals surface area contributed by atoms with Crippen LogP contribution in [0.1, 0.15) is 38.3 Å². The molecule has 2 unspecified atom stereocenters. The van der Waals surface area contributed by atoms with E-state index in [-0.39, 0.29) is 25.5 Å². The van der Waals surface area contributed by atoms with E-state index in [0.717, 1.165) is 10.5 Å². The van der Waals surface area contributed by atoms with Gasteiger partial charge in [-0.1, -0.05) is 44.2 Å². The number of ether oxygens (including phenoxy) is 1. The van der Waals surface area contributed by atoms with E-state index in [1.54, 1.807) is 0 Å². The molecule has 1 aliphatic rings. The summed E-state index contributed by atoms with van der Waals surface area (Å²) < 4.78 is 5.03. The molecule has 0 radical (unpaired) electrons. The summed E-state index contributed by atoms with van der Waals surface area (Å²) in [6, 6.07) is 8.69. The van der Waals surface area contributed by atoms with Gasteiger partial charge >= 0.3 is 6.09 Å². The SMILES string of the molecule is CC(C)CC(CC(=O)N1C(=O)OCC1c1ccccc1)C[N+](=O)[O-]. The summed E-state index contributed by atoms with van der Waals surface area (Å²) in [5.74, 6) is -0.575. The molecule has 0 saturated carbocycles. The average molecular weight is 334 g/mol. The molecule has 2 amide bonds. The first-order valence-corrected chi connectivity index (χ1v) is 8.04. The number of hydrogen-bond acceptors (Lipinski definition) is 5. The molecule has 2 rings (SSSR count). The predicted octanol–water partition coefficient (Wildman–Crippen LogP) is 3.04. The standard InChI is InChI=1S/C17H22N2O5/c1-12(2)8-13(10-18(22)23)9-16(20)19-15(11-24-17(19)21)14-6-4-3-5-7-14/h3-7,12-13,15H,8-11H2,1-2H3. The summed E-state index contributed by atoms with van der Waals surface area (Å²) in [6.45, 7) is 3.74. The first-order chi connectivity index (χ1) is 11.4. The number of carbonyl (C=O) groups is 2. The van der Waals surface area contributed by atoms with Gasteiger partial charge in [-0.3, -0.25) is 14.9 Å². The number of nitro groups is 1. The normalized spacial score (nSPS) is 18.5. The topological polar surface area (TPSA) is 89.8 Å². The molecular weight excluding hydrogens is 312 g/mol. The summed E-state index contributed by atoms with van der Waals surface area (Å²) in [6.07, 6.45) is -0.151. The van der Waals surface area contributed by atoms with Crippen LogP contribution in [-0.2, 0) is 9.53 Å². The molecule has 24 heavy (non-hydrogen) atoms. The van der Waals surface area contributed by atoms with E-state index in [1.165, 1.54) is 0 Å². The molecule has 0 N–H and O–H groups in total. The maximum atomic E-state index is 12.6. The summed E-state index contributed by atoms with van der Waals surface area (Å²) in [7, 11) is 0. The Hall–Kier alpha value is -2.44. The Bertz CT molecular complexity index is 602. The fraction of sp³-hybridized carbons (Fsp3) is 0.529. The Morgan fingerprint density at radius 2 is 2.04 bits per heavy atom. The van der Waals surface area contributed by atoms with Gasteiger partial charge in [-0.25, -0.2) is 9.69 Å². The van der Waals surface area contributed by atoms with Crippen LogP contribution in [-0.4, -0.2) is 35.0 Å². The highest BCUT2D eigenvalue weighted by Crippen LogP contribution is 2.29. The zero-order valence-electron chi connectivity index (χ0n) is 13.9. The van der Waals surface area contributed by atoms with Crippen LogP contribution in [0.4, 0.5) is 4.79 Å². The van der Waals surface area contributed by atoms with Gasteiger partial charge < -0.3 is 4.74 Å². The quantitative estimate of drug-likeness (QED) is 0.565. The molecule has 0 aliphatic carbocycles. The molecule has 0 bridgehead atoms. The van der Waals surface area contributed by atoms with Gasteiger partial charge in [-0.05, 0) is 17.9 Å². The maximum absolute atomic E-state index is 12.6. The first-order valence-electron chi connectivity index (χ1n) is 8.04. The Kier molecular flexibility index (Phi) is 5.89. The second-order valence-electron chi connectivity index (χ2n) is 6.48. The van der Waals surface area contributed by atoms with Gasteiger partial charge in [0.05, 0.1) is 0 Å². The van der Waals surface area contributed by atoms with Crippen molar-refractivity contribution in [2.24, 2.45) is 11.8 Å². The number of hydrogen-bond donors (Lipinski definition) is 0. The fourth-order valence-electron chi connectivity index (χ4n) is 3.06. The van der Waals surface area contributed by atoms with Crippen molar-refractivity contribution < 1.29 is 19.2 Å². The predicted molar refractivity (Wildman–Crippen MR) is 86.8 cm³/mol. The molecule has 0 spiro atoms. The van der Waals surface area contributed by atoms with E-state index < -0.39 is 28.9 Å². The maximum Gasteiger partial charge on any atom is 0.417 e. The number of cyclic esters (lactones) is 1. The second kappa shape index (κ2) is 7.90. The van der Waals surface area contributed by atoms with Gasteiger partial charge in [0.15, 0.2) is 0 Å². The van der Waals surface area contributed by atoms with Crippen LogP contribution < -0.4 is 0 Å². The zero-order chi connectivity index (χ0) is 17.7. The fourth-order valence-corrected chi connectivity index (χ4v) is 3.06. The van der Waals surface area contributed by atoms with Crippen molar-refractivity contribution in [1.82, 2.24) is 4.90 Å². The smallest absolute Gasteiger partial charge is 0.417 e. The minimum absolute atomic E-state index is 0.0302. The van der Waals surface area contributed by atoms with Gasteiger partial charge in [0, 0.05) is 17.3 Å². The minimum atomic E-state index is -0.682. The van der Waals surface area contributed by atoms with Crippen molar-refractivity contribution in [2.75, 3.05) is 13.2 Å². The minimum Gasteiger partial charge on any atom is -0.446 e. The molecule has 130 valence electrons. The first kappa shape index (κ1) is 17.9. The van der Waals surface area contributed by atoms with Crippen LogP contribution in [0.5, 0.6) is 0 Å². The molecule has 1 heterocycles. The van der Waals surface area contributed by atoms with Gasteiger partial charge in [0.2, 0.25) is 12.5 Å². The summed E-state index contributed by atoms with van der Waals surface area (Å²) >= 11 is 0. The lowest BCUT2D eigenvalue weighted by molar-refractivity contribution is -0.488. The van der Waals surface area contributed by atoms with Gasteiger partial charge in [0.1, 0.15) is 12.6 Å². The van der Waals surface area contributed by atoms with Crippen LogP contribution in [0.3, 0.4) is 0 Å². The van der Waals surface area contributed by atoms with E-state index in [9.17, 15) is 19.7 Å². The highest BCUT2D eigenvalue weighted by atomic mass is 16.6. The highest BCUT2D eigenvalue weighted by molar-refractivity contribution is 5.93. The van der Waals surface area contributed by atoms with Crippen molar-refractivity contribution in [2.45, 2.75) is 32.7 Å². The van der Waals surface area contributed by atoms with Gasteiger partial charge in [0.25, 0.3) is 0 Å². The summed E-state index contributed by atoms with van der Waals surface area (Å²) in [4.78, 5) is 36.1. The lowest BCUT2D eigenvalue weighted by Crippen LogP contribution is -2.36. The lowest BCUT2D eigenvalue weighted by atomic mass is 9.93. The van der Waals surface area contributed by atoms with Crippen molar-refractivity contribution in [3.63, 3.8) is 0 Å². The van der Waals surface area contributed by atoms with E-state index in [2.05, 4.69) is 0 Å². The van der Waals surface area contributed by atoms with Crippen molar-refractivity contribution in [3.8, 4) is 0 Å². The summed E-state index contributed by atoms with van der Waals surface area (Å²) in [5, 5.41) is 10.8. The van der Waals surface area contributed by atoms with E-state index in [0.29, 0.717) is 6.42 Å². The molecule has 1 aliphatic heterocycles. The third-order valence-corrected chi connectivity index (χ3v) is 4.00. The Morgan fingerprint density at radius 1 is 1.38 bits per heavy atom. The van der Waals surface area contributed by atoms with Crippen molar-refractivity contribution in [3.05, 3.63) is 46.0 Å². The molecule has 0 aromatic heterocycles. The molecule has 7 nitrogen and oxygen atoms in total. The zero-order valence-corrected chi connectivity index (χ0v) is 13.9. The molecule has 1 fully saturated rings. The van der Waals surface area contributed by atoms with Crippen molar-refractivity contribution >= 4 is 12.0 Å². The monoisotopic (exact) mass is 334 g/mol. The van der Waals surface area contributed by atoms with Crippen LogP contribution in [0, 0.1) is 22.0 Å². The van der Waals surface area contributed by atoms with Crippen LogP contribution in [0.25, 0.3) is 0 Å². The average Bonchev–Trinajstić information content (AvgIpc) is 2.88. The third kappa shape index (κ3) is 4.53. The Balaban J connectivity index is 2.12. The summed E-state index contributed by atoms with van der Waals surface area (Å²) in [5.41, 5.74) is 0.811. The number of benzene rings is 1. The molecule has 1 saturated heterocycles. The van der Waals surface area contributed by atoms with Crippen LogP contribution >= 0.6 is 0 Å². The number of carbonyl (C=O) groups excluding carboxylic acids is 2. The molecule has 7 heteroatoms. The Labute approximate surface area is 140 Å². The molecule has 1 aromatic rings. The largest absolute Gasteiger partial charge is 0.446 e. The van der Waals surface area contributed by atoms with E-state index >= 15 is 0 Å². The highest BCUT2D eigenvalue weighted by Gasteiger charge is 2.39. The molecule has 2 atom stereocenters. The lowest BCUT2D eigenvalue weighted by Gasteiger charge is -2.22. The van der Waals surface area contributed by atoms with Crippen LogP contribution in [0.15, 0.2) is 30.3 Å². The Morgan fingerprint density at radius 3 is 2.62 bits per heavy atom.